The number of benzene rings is 2. The predicted octanol–water partition coefficient (Wildman–Crippen LogP) is 4.77. The van der Waals surface area contributed by atoms with Crippen LogP contribution in [0.5, 0.6) is 0 Å². The van der Waals surface area contributed by atoms with Gasteiger partial charge >= 0.3 is 0 Å². The smallest absolute Gasteiger partial charge is 0.0681 e. The molecule has 20 heavy (non-hydrogen) atoms. The Labute approximate surface area is 126 Å². The molecule has 0 saturated carbocycles. The molecule has 0 saturated heterocycles. The van der Waals surface area contributed by atoms with Gasteiger partial charge in [-0.05, 0) is 34.2 Å². The van der Waals surface area contributed by atoms with Crippen LogP contribution in [-0.2, 0) is 17.8 Å². The Morgan fingerprint density at radius 2 is 1.40 bits per heavy atom. The number of hydrogen-bond donors (Lipinski definition) is 1. The second-order valence-corrected chi connectivity index (χ2v) is 7.09. The highest BCUT2D eigenvalue weighted by molar-refractivity contribution is 7.98. The fraction of sp³-hybridized carbons (Fsp3) is 0.333. The van der Waals surface area contributed by atoms with E-state index < -0.39 is 0 Å². The molecule has 0 amide bonds. The van der Waals surface area contributed by atoms with E-state index in [2.05, 4.69) is 57.2 Å². The Hall–Kier alpha value is -1.25. The lowest BCUT2D eigenvalue weighted by molar-refractivity contribution is 0.282. The third-order valence-corrected chi connectivity index (χ3v) is 4.41. The van der Waals surface area contributed by atoms with E-state index in [0.29, 0.717) is 0 Å². The predicted molar refractivity (Wildman–Crippen MR) is 87.1 cm³/mol. The van der Waals surface area contributed by atoms with E-state index in [1.165, 1.54) is 16.0 Å². The van der Waals surface area contributed by atoms with Crippen LogP contribution in [0.4, 0.5) is 0 Å². The zero-order valence-electron chi connectivity index (χ0n) is 12.4. The number of aliphatic hydroxyl groups is 1. The molecular formula is C18H22OS. The molecule has 0 aliphatic heterocycles. The fourth-order valence-electron chi connectivity index (χ4n) is 1.96. The maximum Gasteiger partial charge on any atom is 0.0681 e. The Kier molecular flexibility index (Phi) is 4.90. The molecule has 0 aliphatic carbocycles. The topological polar surface area (TPSA) is 20.2 Å². The SMILES string of the molecule is CC(C)(C)c1ccc(CSc2ccc(CO)cc2)cc1. The van der Waals surface area contributed by atoms with Crippen LogP contribution in [0.1, 0.15) is 37.5 Å². The zero-order valence-corrected chi connectivity index (χ0v) is 13.2. The first-order valence-corrected chi connectivity index (χ1v) is 7.89. The Morgan fingerprint density at radius 3 is 1.90 bits per heavy atom. The summed E-state index contributed by atoms with van der Waals surface area (Å²) in [4.78, 5) is 1.24. The molecule has 0 aromatic heterocycles. The normalized spacial score (nSPS) is 11.6. The van der Waals surface area contributed by atoms with Gasteiger partial charge < -0.3 is 5.11 Å². The largest absolute Gasteiger partial charge is 0.392 e. The maximum absolute atomic E-state index is 9.02. The standard InChI is InChI=1S/C18H22OS/c1-18(2,3)16-8-4-15(5-9-16)13-20-17-10-6-14(12-19)7-11-17/h4-11,19H,12-13H2,1-3H3. The molecule has 2 aromatic rings. The third kappa shape index (κ3) is 4.12. The van der Waals surface area contributed by atoms with Gasteiger partial charge in [0.2, 0.25) is 0 Å². The van der Waals surface area contributed by atoms with Crippen molar-refractivity contribution in [3.05, 3.63) is 65.2 Å². The van der Waals surface area contributed by atoms with Gasteiger partial charge in [-0.2, -0.15) is 0 Å². The van der Waals surface area contributed by atoms with E-state index >= 15 is 0 Å². The van der Waals surface area contributed by atoms with Crippen LogP contribution in [0.3, 0.4) is 0 Å². The molecule has 2 rings (SSSR count). The van der Waals surface area contributed by atoms with Crippen molar-refractivity contribution in [2.45, 2.75) is 43.4 Å². The molecule has 1 nitrogen and oxygen atoms in total. The molecule has 2 aromatic carbocycles. The zero-order chi connectivity index (χ0) is 14.6. The highest BCUT2D eigenvalue weighted by Gasteiger charge is 2.12. The van der Waals surface area contributed by atoms with Gasteiger partial charge in [-0.3, -0.25) is 0 Å². The Bertz CT molecular complexity index is 535. The van der Waals surface area contributed by atoms with Crippen LogP contribution >= 0.6 is 11.8 Å². The molecule has 1 N–H and O–H groups in total. The van der Waals surface area contributed by atoms with Gasteiger partial charge in [0.15, 0.2) is 0 Å². The summed E-state index contributed by atoms with van der Waals surface area (Å²) >= 11 is 1.82. The van der Waals surface area contributed by atoms with E-state index in [9.17, 15) is 0 Å². The summed E-state index contributed by atoms with van der Waals surface area (Å²) in [5, 5.41) is 9.02. The van der Waals surface area contributed by atoms with Gasteiger partial charge in [-0.15, -0.1) is 11.8 Å². The van der Waals surface area contributed by atoms with Gasteiger partial charge in [0.25, 0.3) is 0 Å². The molecule has 0 aliphatic rings. The van der Waals surface area contributed by atoms with Gasteiger partial charge in [0.1, 0.15) is 0 Å². The lowest BCUT2D eigenvalue weighted by Crippen LogP contribution is -2.10. The summed E-state index contributed by atoms with van der Waals surface area (Å²) in [6, 6.07) is 17.0. The van der Waals surface area contributed by atoms with Crippen LogP contribution in [0.2, 0.25) is 0 Å². The highest BCUT2D eigenvalue weighted by atomic mass is 32.2. The average Bonchev–Trinajstić information content (AvgIpc) is 2.45. The maximum atomic E-state index is 9.02. The highest BCUT2D eigenvalue weighted by Crippen LogP contribution is 2.26. The molecular weight excluding hydrogens is 264 g/mol. The van der Waals surface area contributed by atoms with Gasteiger partial charge in [0.05, 0.1) is 6.61 Å². The first-order valence-electron chi connectivity index (χ1n) is 6.91. The number of rotatable bonds is 4. The van der Waals surface area contributed by atoms with Crippen LogP contribution in [0, 0.1) is 0 Å². The quantitative estimate of drug-likeness (QED) is 0.817. The van der Waals surface area contributed by atoms with Crippen LogP contribution in [0.25, 0.3) is 0 Å². The van der Waals surface area contributed by atoms with Gasteiger partial charge in [-0.25, -0.2) is 0 Å². The minimum absolute atomic E-state index is 0.110. The summed E-state index contributed by atoms with van der Waals surface area (Å²) in [5.41, 5.74) is 3.89. The number of thioether (sulfide) groups is 1. The Morgan fingerprint density at radius 1 is 0.850 bits per heavy atom. The first-order chi connectivity index (χ1) is 9.49. The van der Waals surface area contributed by atoms with E-state index in [4.69, 9.17) is 5.11 Å². The molecule has 0 radical (unpaired) electrons. The lowest BCUT2D eigenvalue weighted by Gasteiger charge is -2.19. The number of hydrogen-bond acceptors (Lipinski definition) is 2. The molecule has 106 valence electrons. The summed E-state index contributed by atoms with van der Waals surface area (Å²) in [6.07, 6.45) is 0. The number of aliphatic hydroxyl groups excluding tert-OH is 1. The van der Waals surface area contributed by atoms with Crippen molar-refractivity contribution < 1.29 is 5.11 Å². The monoisotopic (exact) mass is 286 g/mol. The summed E-state index contributed by atoms with van der Waals surface area (Å²) < 4.78 is 0. The summed E-state index contributed by atoms with van der Waals surface area (Å²) in [5.74, 6) is 0.975. The summed E-state index contributed by atoms with van der Waals surface area (Å²) in [7, 11) is 0. The van der Waals surface area contributed by atoms with Crippen molar-refractivity contribution in [3.8, 4) is 0 Å². The molecule has 0 unspecified atom stereocenters. The van der Waals surface area contributed by atoms with Crippen molar-refractivity contribution in [2.24, 2.45) is 0 Å². The van der Waals surface area contributed by atoms with Crippen LogP contribution in [0.15, 0.2) is 53.4 Å². The average molecular weight is 286 g/mol. The van der Waals surface area contributed by atoms with E-state index in [1.807, 2.05) is 23.9 Å². The summed E-state index contributed by atoms with van der Waals surface area (Å²) in [6.45, 7) is 6.82. The molecule has 2 heteroatoms. The minimum atomic E-state index is 0.110. The van der Waals surface area contributed by atoms with Crippen molar-refractivity contribution in [1.29, 1.82) is 0 Å². The second-order valence-electron chi connectivity index (χ2n) is 6.04. The minimum Gasteiger partial charge on any atom is -0.392 e. The van der Waals surface area contributed by atoms with Crippen molar-refractivity contribution >= 4 is 11.8 Å². The van der Waals surface area contributed by atoms with E-state index in [0.717, 1.165) is 11.3 Å². The van der Waals surface area contributed by atoms with Crippen LogP contribution < -0.4 is 0 Å². The van der Waals surface area contributed by atoms with Crippen LogP contribution in [-0.4, -0.2) is 5.11 Å². The molecule has 0 heterocycles. The fourth-order valence-corrected chi connectivity index (χ4v) is 2.81. The molecule has 0 bridgehead atoms. The van der Waals surface area contributed by atoms with Gasteiger partial charge in [-0.1, -0.05) is 57.2 Å². The van der Waals surface area contributed by atoms with E-state index in [-0.39, 0.29) is 12.0 Å². The lowest BCUT2D eigenvalue weighted by atomic mass is 9.87. The molecule has 0 spiro atoms. The van der Waals surface area contributed by atoms with Crippen molar-refractivity contribution in [2.75, 3.05) is 0 Å². The molecule has 0 atom stereocenters. The first kappa shape index (κ1) is 15.1. The molecule has 0 fully saturated rings. The van der Waals surface area contributed by atoms with Gasteiger partial charge in [0, 0.05) is 10.6 Å². The van der Waals surface area contributed by atoms with E-state index in [1.54, 1.807) is 0 Å². The third-order valence-electron chi connectivity index (χ3n) is 3.33. The second kappa shape index (κ2) is 6.47. The Balaban J connectivity index is 1.96. The van der Waals surface area contributed by atoms with Crippen molar-refractivity contribution in [1.82, 2.24) is 0 Å². The van der Waals surface area contributed by atoms with Crippen molar-refractivity contribution in [3.63, 3.8) is 0 Å².